The number of nitrogens with zero attached hydrogens (tertiary/aromatic N) is 2. The highest BCUT2D eigenvalue weighted by molar-refractivity contribution is 5.39. The Morgan fingerprint density at radius 2 is 2.20 bits per heavy atom. The predicted octanol–water partition coefficient (Wildman–Crippen LogP) is 2.55. The minimum absolute atomic E-state index is 0.123. The molecule has 0 spiro atoms. The van der Waals surface area contributed by atoms with Crippen molar-refractivity contribution in [2.24, 2.45) is 5.73 Å². The fourth-order valence-electron chi connectivity index (χ4n) is 2.54. The third kappa shape index (κ3) is 2.67. The number of rotatable bonds is 4. The van der Waals surface area contributed by atoms with Crippen LogP contribution in [0.5, 0.6) is 5.75 Å². The first-order valence-corrected chi connectivity index (χ1v) is 7.08. The normalized spacial score (nSPS) is 17.8. The molecule has 0 unspecified atom stereocenters. The van der Waals surface area contributed by atoms with Crippen LogP contribution in [-0.4, -0.2) is 10.2 Å². The van der Waals surface area contributed by atoms with E-state index in [2.05, 4.69) is 16.3 Å². The van der Waals surface area contributed by atoms with Gasteiger partial charge in [0.2, 0.25) is 5.89 Å². The van der Waals surface area contributed by atoms with Gasteiger partial charge < -0.3 is 14.9 Å². The number of nitrogens with two attached hydrogens (primary N) is 1. The molecule has 1 aromatic carbocycles. The average molecular weight is 273 g/mol. The number of ether oxygens (including phenoxy) is 1. The maximum Gasteiger partial charge on any atom is 0.253 e. The number of hydrogen-bond donors (Lipinski definition) is 1. The third-order valence-corrected chi connectivity index (χ3v) is 3.65. The quantitative estimate of drug-likeness (QED) is 0.926. The van der Waals surface area contributed by atoms with Crippen LogP contribution >= 0.6 is 0 Å². The fraction of sp³-hybridized carbons (Fsp3) is 0.467. The summed E-state index contributed by atoms with van der Waals surface area (Å²) in [7, 11) is 0. The summed E-state index contributed by atoms with van der Waals surface area (Å²) in [4.78, 5) is 0. The van der Waals surface area contributed by atoms with Gasteiger partial charge in [0, 0.05) is 12.5 Å². The Bertz CT molecular complexity index is 595. The third-order valence-electron chi connectivity index (χ3n) is 3.65. The lowest BCUT2D eigenvalue weighted by Gasteiger charge is -2.22. The van der Waals surface area contributed by atoms with Crippen LogP contribution in [0.4, 0.5) is 0 Å². The first kappa shape index (κ1) is 13.1. The minimum atomic E-state index is 0.123. The number of benzene rings is 1. The molecule has 0 radical (unpaired) electrons. The van der Waals surface area contributed by atoms with Crippen LogP contribution in [0, 0.1) is 0 Å². The molecule has 1 aromatic heterocycles. The van der Waals surface area contributed by atoms with Crippen LogP contribution in [-0.2, 0) is 19.4 Å². The first-order chi connectivity index (χ1) is 9.76. The Kier molecular flexibility index (Phi) is 3.69. The summed E-state index contributed by atoms with van der Waals surface area (Å²) < 4.78 is 11.1. The monoisotopic (exact) mass is 273 g/mol. The van der Waals surface area contributed by atoms with Crippen LogP contribution in [0.15, 0.2) is 22.6 Å². The van der Waals surface area contributed by atoms with Crippen molar-refractivity contribution >= 4 is 0 Å². The second kappa shape index (κ2) is 5.63. The fourth-order valence-corrected chi connectivity index (χ4v) is 2.54. The topological polar surface area (TPSA) is 74.2 Å². The molecule has 5 nitrogen and oxygen atoms in total. The molecule has 0 saturated carbocycles. The van der Waals surface area contributed by atoms with E-state index in [1.807, 2.05) is 19.1 Å². The maximum absolute atomic E-state index is 6.15. The van der Waals surface area contributed by atoms with Crippen LogP contribution in [0.3, 0.4) is 0 Å². The maximum atomic E-state index is 6.15. The van der Waals surface area contributed by atoms with Crippen molar-refractivity contribution in [1.82, 2.24) is 10.2 Å². The van der Waals surface area contributed by atoms with E-state index in [-0.39, 0.29) is 6.04 Å². The molecule has 106 valence electrons. The molecule has 3 rings (SSSR count). The molecule has 1 atom stereocenters. The van der Waals surface area contributed by atoms with Crippen molar-refractivity contribution in [3.63, 3.8) is 0 Å². The van der Waals surface area contributed by atoms with Gasteiger partial charge in [0.05, 0.1) is 0 Å². The zero-order valence-electron chi connectivity index (χ0n) is 11.6. The zero-order chi connectivity index (χ0) is 13.9. The van der Waals surface area contributed by atoms with Crippen LogP contribution in [0.2, 0.25) is 0 Å². The van der Waals surface area contributed by atoms with Gasteiger partial charge in [-0.25, -0.2) is 0 Å². The van der Waals surface area contributed by atoms with E-state index < -0.39 is 0 Å². The van der Waals surface area contributed by atoms with Gasteiger partial charge in [-0.15, -0.1) is 10.2 Å². The van der Waals surface area contributed by atoms with Gasteiger partial charge in [0.15, 0.2) is 6.61 Å². The van der Waals surface area contributed by atoms with Crippen molar-refractivity contribution in [3.05, 3.63) is 41.1 Å². The van der Waals surface area contributed by atoms with Gasteiger partial charge in [-0.05, 0) is 42.5 Å². The Labute approximate surface area is 118 Å². The lowest BCUT2D eigenvalue weighted by atomic mass is 9.88. The van der Waals surface area contributed by atoms with Crippen molar-refractivity contribution in [1.29, 1.82) is 0 Å². The SMILES string of the molecule is CCc1nnc(COc2ccc3c(c2)[C@@H](N)CCC3)o1. The molecular weight excluding hydrogens is 254 g/mol. The molecule has 0 saturated heterocycles. The summed E-state index contributed by atoms with van der Waals surface area (Å²) in [6.45, 7) is 2.27. The van der Waals surface area contributed by atoms with Gasteiger partial charge in [-0.3, -0.25) is 0 Å². The summed E-state index contributed by atoms with van der Waals surface area (Å²) in [5.41, 5.74) is 8.69. The molecule has 0 amide bonds. The van der Waals surface area contributed by atoms with Crippen LogP contribution in [0.25, 0.3) is 0 Å². The van der Waals surface area contributed by atoms with Crippen molar-refractivity contribution in [2.45, 2.75) is 45.3 Å². The van der Waals surface area contributed by atoms with Gasteiger partial charge in [0.25, 0.3) is 5.89 Å². The Hall–Kier alpha value is -1.88. The molecule has 5 heteroatoms. The molecule has 0 bridgehead atoms. The Balaban J connectivity index is 1.70. The summed E-state index contributed by atoms with van der Waals surface area (Å²) in [6.07, 6.45) is 4.05. The number of aromatic nitrogens is 2. The van der Waals surface area contributed by atoms with E-state index in [9.17, 15) is 0 Å². The van der Waals surface area contributed by atoms with E-state index in [4.69, 9.17) is 14.9 Å². The Morgan fingerprint density at radius 1 is 1.35 bits per heavy atom. The van der Waals surface area contributed by atoms with Crippen molar-refractivity contribution in [3.8, 4) is 5.75 Å². The van der Waals surface area contributed by atoms with E-state index >= 15 is 0 Å². The standard InChI is InChI=1S/C15H19N3O2/c1-2-14-17-18-15(20-14)9-19-11-7-6-10-4-3-5-13(16)12(10)8-11/h6-8,13H,2-5,9,16H2,1H3/t13-/m0/s1. The van der Waals surface area contributed by atoms with Crippen LogP contribution in [0.1, 0.15) is 48.7 Å². The lowest BCUT2D eigenvalue weighted by Crippen LogP contribution is -2.17. The largest absolute Gasteiger partial charge is 0.484 e. The second-order valence-electron chi connectivity index (χ2n) is 5.09. The van der Waals surface area contributed by atoms with E-state index in [0.29, 0.717) is 18.4 Å². The van der Waals surface area contributed by atoms with E-state index in [0.717, 1.165) is 31.4 Å². The van der Waals surface area contributed by atoms with E-state index in [1.54, 1.807) is 0 Å². The smallest absolute Gasteiger partial charge is 0.253 e. The number of fused-ring (bicyclic) bond motifs is 1. The van der Waals surface area contributed by atoms with Gasteiger partial charge in [-0.1, -0.05) is 13.0 Å². The summed E-state index contributed by atoms with van der Waals surface area (Å²) >= 11 is 0. The van der Waals surface area contributed by atoms with Crippen molar-refractivity contribution in [2.75, 3.05) is 0 Å². The molecule has 1 aliphatic rings. The molecule has 2 N–H and O–H groups in total. The molecule has 0 fully saturated rings. The van der Waals surface area contributed by atoms with Gasteiger partial charge in [0.1, 0.15) is 5.75 Å². The first-order valence-electron chi connectivity index (χ1n) is 7.08. The molecule has 1 aliphatic carbocycles. The summed E-state index contributed by atoms with van der Waals surface area (Å²) in [5.74, 6) is 1.94. The molecule has 2 aromatic rings. The minimum Gasteiger partial charge on any atom is -0.484 e. The highest BCUT2D eigenvalue weighted by Crippen LogP contribution is 2.31. The highest BCUT2D eigenvalue weighted by Gasteiger charge is 2.17. The summed E-state index contributed by atoms with van der Waals surface area (Å²) in [5, 5.41) is 7.85. The van der Waals surface area contributed by atoms with E-state index in [1.165, 1.54) is 11.1 Å². The number of hydrogen-bond acceptors (Lipinski definition) is 5. The molecular formula is C15H19N3O2. The van der Waals surface area contributed by atoms with Gasteiger partial charge in [-0.2, -0.15) is 0 Å². The zero-order valence-corrected chi connectivity index (χ0v) is 11.6. The summed E-state index contributed by atoms with van der Waals surface area (Å²) in [6, 6.07) is 6.25. The Morgan fingerprint density at radius 3 is 3.00 bits per heavy atom. The lowest BCUT2D eigenvalue weighted by molar-refractivity contribution is 0.258. The number of aryl methyl sites for hydroxylation is 2. The highest BCUT2D eigenvalue weighted by atomic mass is 16.5. The second-order valence-corrected chi connectivity index (χ2v) is 5.09. The van der Waals surface area contributed by atoms with Crippen molar-refractivity contribution < 1.29 is 9.15 Å². The predicted molar refractivity (Wildman–Crippen MR) is 74.3 cm³/mol. The van der Waals surface area contributed by atoms with Gasteiger partial charge >= 0.3 is 0 Å². The van der Waals surface area contributed by atoms with Crippen LogP contribution < -0.4 is 10.5 Å². The molecule has 20 heavy (non-hydrogen) atoms. The molecule has 0 aliphatic heterocycles. The average Bonchev–Trinajstić information content (AvgIpc) is 2.94. The molecule has 1 heterocycles.